The van der Waals surface area contributed by atoms with Gasteiger partial charge in [0, 0.05) is 24.8 Å². The summed E-state index contributed by atoms with van der Waals surface area (Å²) in [6.07, 6.45) is 0.0246. The van der Waals surface area contributed by atoms with Gasteiger partial charge in [-0.25, -0.2) is 0 Å². The fraction of sp³-hybridized carbons (Fsp3) is 0.571. The molecule has 4 nitrogen and oxygen atoms in total. The van der Waals surface area contributed by atoms with Crippen LogP contribution in [0.1, 0.15) is 13.8 Å². The molecule has 2 rings (SSSR count). The van der Waals surface area contributed by atoms with Gasteiger partial charge < -0.3 is 10.5 Å². The topological polar surface area (TPSA) is 55.6 Å². The second kappa shape index (κ2) is 6.50. The van der Waals surface area contributed by atoms with E-state index in [1.54, 1.807) is 6.07 Å². The third kappa shape index (κ3) is 3.78. The highest BCUT2D eigenvalue weighted by molar-refractivity contribution is 7.85. The minimum Gasteiger partial charge on any atom is -0.398 e. The maximum Gasteiger partial charge on any atom is 0.0821 e. The van der Waals surface area contributed by atoms with E-state index in [-0.39, 0.29) is 6.10 Å². The molecule has 1 saturated heterocycles. The molecule has 2 atom stereocenters. The third-order valence-electron chi connectivity index (χ3n) is 3.40. The molecule has 0 bridgehead atoms. The summed E-state index contributed by atoms with van der Waals surface area (Å²) in [6, 6.07) is 7.84. The smallest absolute Gasteiger partial charge is 0.0821 e. The van der Waals surface area contributed by atoms with Crippen molar-refractivity contribution in [1.82, 2.24) is 4.90 Å². The van der Waals surface area contributed by atoms with Gasteiger partial charge in [0.2, 0.25) is 0 Å². The molecule has 1 fully saturated rings. The number of nitrogens with two attached hydrogens (primary N) is 1. The molecule has 2 unspecified atom stereocenters. The molecule has 0 spiro atoms. The molecule has 0 aromatic heterocycles. The molecule has 106 valence electrons. The number of hydrogen-bond donors (Lipinski definition) is 1. The Kier molecular flexibility index (Phi) is 4.96. The molecule has 0 saturated carbocycles. The van der Waals surface area contributed by atoms with Crippen LogP contribution in [0.4, 0.5) is 5.69 Å². The van der Waals surface area contributed by atoms with Crippen LogP contribution in [0.5, 0.6) is 0 Å². The maximum absolute atomic E-state index is 12.3. The summed E-state index contributed by atoms with van der Waals surface area (Å²) in [5.41, 5.74) is 6.45. The van der Waals surface area contributed by atoms with E-state index < -0.39 is 10.8 Å². The summed E-state index contributed by atoms with van der Waals surface area (Å²) >= 11 is 0. The second-order valence-electron chi connectivity index (χ2n) is 5.13. The molecule has 1 aliphatic rings. The van der Waals surface area contributed by atoms with Crippen LogP contribution in [0.3, 0.4) is 0 Å². The summed E-state index contributed by atoms with van der Waals surface area (Å²) in [7, 11) is -1.10. The molecule has 1 aliphatic heterocycles. The molecule has 1 aromatic rings. The Morgan fingerprint density at radius 3 is 2.89 bits per heavy atom. The first-order chi connectivity index (χ1) is 9.08. The quantitative estimate of drug-likeness (QED) is 0.850. The van der Waals surface area contributed by atoms with Gasteiger partial charge in [-0.2, -0.15) is 0 Å². The van der Waals surface area contributed by atoms with E-state index in [4.69, 9.17) is 10.5 Å². The van der Waals surface area contributed by atoms with Crippen molar-refractivity contribution < 1.29 is 8.95 Å². The van der Waals surface area contributed by atoms with Gasteiger partial charge in [0.1, 0.15) is 0 Å². The molecule has 0 amide bonds. The minimum atomic E-state index is -1.10. The monoisotopic (exact) mass is 282 g/mol. The lowest BCUT2D eigenvalue weighted by molar-refractivity contribution is -0.0268. The van der Waals surface area contributed by atoms with Crippen LogP contribution in [-0.4, -0.2) is 46.7 Å². The number of anilines is 1. The number of benzene rings is 1. The Balaban J connectivity index is 1.97. The van der Waals surface area contributed by atoms with E-state index in [0.29, 0.717) is 29.0 Å². The molecule has 0 radical (unpaired) electrons. The van der Waals surface area contributed by atoms with Crippen LogP contribution in [0.2, 0.25) is 0 Å². The lowest BCUT2D eigenvalue weighted by Gasteiger charge is -2.35. The fourth-order valence-electron chi connectivity index (χ4n) is 2.26. The Morgan fingerprint density at radius 2 is 2.21 bits per heavy atom. The molecule has 19 heavy (non-hydrogen) atoms. The average Bonchev–Trinajstić information content (AvgIpc) is 2.39. The molecule has 1 heterocycles. The van der Waals surface area contributed by atoms with E-state index in [2.05, 4.69) is 18.7 Å². The fourth-order valence-corrected chi connectivity index (χ4v) is 3.54. The van der Waals surface area contributed by atoms with E-state index >= 15 is 0 Å². The summed E-state index contributed by atoms with van der Waals surface area (Å²) in [5, 5.41) is 0. The number of nitrogens with zero attached hydrogens (tertiary/aromatic N) is 1. The highest BCUT2D eigenvalue weighted by Gasteiger charge is 2.24. The van der Waals surface area contributed by atoms with Crippen molar-refractivity contribution in [3.63, 3.8) is 0 Å². The standard InChI is InChI=1S/C14H22N2O2S/c1-11(2)16-7-8-18-12(9-16)10-19(17)14-6-4-3-5-13(14)15/h3-6,11-12H,7-10,15H2,1-2H3. The lowest BCUT2D eigenvalue weighted by atomic mass is 10.2. The van der Waals surface area contributed by atoms with Crippen molar-refractivity contribution in [2.24, 2.45) is 0 Å². The first kappa shape index (κ1) is 14.5. The highest BCUT2D eigenvalue weighted by Crippen LogP contribution is 2.18. The number of hydrogen-bond acceptors (Lipinski definition) is 4. The molecule has 0 aliphatic carbocycles. The summed E-state index contributed by atoms with van der Waals surface area (Å²) in [4.78, 5) is 3.08. The Morgan fingerprint density at radius 1 is 1.47 bits per heavy atom. The zero-order chi connectivity index (χ0) is 13.8. The number of rotatable bonds is 4. The number of ether oxygens (including phenoxy) is 1. The van der Waals surface area contributed by atoms with Gasteiger partial charge in [-0.1, -0.05) is 12.1 Å². The summed E-state index contributed by atoms with van der Waals surface area (Å²) in [6.45, 7) is 6.86. The van der Waals surface area contributed by atoms with Crippen molar-refractivity contribution in [3.05, 3.63) is 24.3 Å². The van der Waals surface area contributed by atoms with Crippen LogP contribution in [0.25, 0.3) is 0 Å². The summed E-state index contributed by atoms with van der Waals surface area (Å²) < 4.78 is 18.1. The minimum absolute atomic E-state index is 0.0246. The van der Waals surface area contributed by atoms with E-state index in [9.17, 15) is 4.21 Å². The SMILES string of the molecule is CC(C)N1CCOC(CS(=O)c2ccccc2N)C1. The predicted molar refractivity (Wildman–Crippen MR) is 78.6 cm³/mol. The van der Waals surface area contributed by atoms with E-state index in [1.807, 2.05) is 18.2 Å². The van der Waals surface area contributed by atoms with Gasteiger partial charge in [0.05, 0.1) is 34.2 Å². The zero-order valence-electron chi connectivity index (χ0n) is 11.5. The lowest BCUT2D eigenvalue weighted by Crippen LogP contribution is -2.47. The third-order valence-corrected chi connectivity index (χ3v) is 4.94. The average molecular weight is 282 g/mol. The highest BCUT2D eigenvalue weighted by atomic mass is 32.2. The Bertz CT molecular complexity index is 451. The Hall–Kier alpha value is -0.910. The normalized spacial score (nSPS) is 22.6. The van der Waals surface area contributed by atoms with Crippen molar-refractivity contribution in [3.8, 4) is 0 Å². The number of morpholine rings is 1. The van der Waals surface area contributed by atoms with Gasteiger partial charge in [-0.05, 0) is 26.0 Å². The summed E-state index contributed by atoms with van der Waals surface area (Å²) in [5.74, 6) is 0.511. The second-order valence-corrected chi connectivity index (χ2v) is 6.60. The van der Waals surface area contributed by atoms with Crippen molar-refractivity contribution in [2.45, 2.75) is 30.9 Å². The van der Waals surface area contributed by atoms with Crippen molar-refractivity contribution >= 4 is 16.5 Å². The van der Waals surface area contributed by atoms with Gasteiger partial charge in [0.15, 0.2) is 0 Å². The first-order valence-corrected chi connectivity index (χ1v) is 7.98. The molecule has 1 aromatic carbocycles. The van der Waals surface area contributed by atoms with Gasteiger partial charge in [0.25, 0.3) is 0 Å². The van der Waals surface area contributed by atoms with Crippen LogP contribution in [0.15, 0.2) is 29.2 Å². The van der Waals surface area contributed by atoms with Crippen molar-refractivity contribution in [1.29, 1.82) is 0 Å². The zero-order valence-corrected chi connectivity index (χ0v) is 12.4. The predicted octanol–water partition coefficient (Wildman–Crippen LogP) is 1.49. The largest absolute Gasteiger partial charge is 0.398 e. The maximum atomic E-state index is 12.3. The van der Waals surface area contributed by atoms with Crippen LogP contribution < -0.4 is 5.73 Å². The van der Waals surface area contributed by atoms with E-state index in [0.717, 1.165) is 13.1 Å². The van der Waals surface area contributed by atoms with Crippen LogP contribution >= 0.6 is 0 Å². The number of nitrogen functional groups attached to an aromatic ring is 1. The van der Waals surface area contributed by atoms with Gasteiger partial charge in [-0.15, -0.1) is 0 Å². The molecular weight excluding hydrogens is 260 g/mol. The van der Waals surface area contributed by atoms with Gasteiger partial charge >= 0.3 is 0 Å². The van der Waals surface area contributed by atoms with Crippen LogP contribution in [-0.2, 0) is 15.5 Å². The first-order valence-electron chi connectivity index (χ1n) is 6.66. The molecule has 5 heteroatoms. The number of para-hydroxylation sites is 1. The van der Waals surface area contributed by atoms with E-state index in [1.165, 1.54) is 0 Å². The van der Waals surface area contributed by atoms with Gasteiger partial charge in [-0.3, -0.25) is 9.11 Å². The molecule has 2 N–H and O–H groups in total. The van der Waals surface area contributed by atoms with Crippen molar-refractivity contribution in [2.75, 3.05) is 31.2 Å². The molecular formula is C14H22N2O2S. The Labute approximate surface area is 117 Å². The van der Waals surface area contributed by atoms with Crippen LogP contribution in [0, 0.1) is 0 Å².